The van der Waals surface area contributed by atoms with Crippen LogP contribution in [0.5, 0.6) is 0 Å². The maximum Gasteiger partial charge on any atom is 0.226 e. The van der Waals surface area contributed by atoms with Crippen LogP contribution in [-0.4, -0.2) is 39.1 Å². The number of hydrogen-bond donors (Lipinski definition) is 1. The van der Waals surface area contributed by atoms with Crippen LogP contribution in [0.4, 0.5) is 0 Å². The van der Waals surface area contributed by atoms with E-state index in [9.17, 15) is 4.79 Å². The fourth-order valence-corrected chi connectivity index (χ4v) is 4.06. The fourth-order valence-electron chi connectivity index (χ4n) is 4.06. The number of nitrogens with one attached hydrogen (secondary N) is 1. The van der Waals surface area contributed by atoms with Crippen LogP contribution in [0.2, 0.25) is 0 Å². The molecular formula is C20H24N4O. The Balaban J connectivity index is 1.51. The monoisotopic (exact) mass is 336 g/mol. The van der Waals surface area contributed by atoms with Gasteiger partial charge in [0.1, 0.15) is 0 Å². The number of piperidine rings is 1. The molecule has 2 atom stereocenters. The molecule has 130 valence electrons. The summed E-state index contributed by atoms with van der Waals surface area (Å²) in [4.78, 5) is 19.1. The zero-order valence-electron chi connectivity index (χ0n) is 14.4. The Hall–Kier alpha value is -2.43. The first-order valence-electron chi connectivity index (χ1n) is 9.20. The van der Waals surface area contributed by atoms with Gasteiger partial charge in [-0.25, -0.2) is 0 Å². The molecule has 5 nitrogen and oxygen atoms in total. The average molecular weight is 336 g/mol. The number of pyridine rings is 1. The molecule has 1 fully saturated rings. The second-order valence-corrected chi connectivity index (χ2v) is 7.04. The highest BCUT2D eigenvalue weighted by Gasteiger charge is 2.31. The lowest BCUT2D eigenvalue weighted by molar-refractivity contribution is -0.137. The molecule has 5 heteroatoms. The molecule has 25 heavy (non-hydrogen) atoms. The van der Waals surface area contributed by atoms with Crippen molar-refractivity contribution < 1.29 is 4.79 Å². The van der Waals surface area contributed by atoms with Gasteiger partial charge in [-0.05, 0) is 49.8 Å². The molecule has 2 aromatic rings. The average Bonchev–Trinajstić information content (AvgIpc) is 3.19. The van der Waals surface area contributed by atoms with Crippen molar-refractivity contribution in [3.05, 3.63) is 48.6 Å². The molecule has 0 radical (unpaired) electrons. The van der Waals surface area contributed by atoms with Crippen molar-refractivity contribution in [2.24, 2.45) is 5.92 Å². The molecule has 1 aliphatic heterocycles. The number of H-pyrrole nitrogens is 1. The van der Waals surface area contributed by atoms with E-state index in [1.165, 1.54) is 0 Å². The topological polar surface area (TPSA) is 61.9 Å². The number of hydrogen-bond acceptors (Lipinski definition) is 3. The third-order valence-electron chi connectivity index (χ3n) is 5.42. The summed E-state index contributed by atoms with van der Waals surface area (Å²) in [5, 5.41) is 7.47. The van der Waals surface area contributed by atoms with Crippen LogP contribution in [0.25, 0.3) is 11.1 Å². The first-order valence-corrected chi connectivity index (χ1v) is 9.20. The predicted molar refractivity (Wildman–Crippen MR) is 96.9 cm³/mol. The molecule has 0 aromatic carbocycles. The van der Waals surface area contributed by atoms with Crippen molar-refractivity contribution in [1.29, 1.82) is 0 Å². The minimum absolute atomic E-state index is 0.171. The zero-order chi connectivity index (χ0) is 17.1. The largest absolute Gasteiger partial charge is 0.342 e. The maximum absolute atomic E-state index is 12.9. The standard InChI is InChI=1S/C20H24N4O/c25-20(16-5-2-1-3-6-16)24-12-4-7-17(14-24)19-18(13-22-23-19)15-8-10-21-11-9-15/h1-2,8-11,13,16-17H,3-7,12,14H2,(H,22,23)/t16-,17+/m0/s1. The van der Waals surface area contributed by atoms with Crippen molar-refractivity contribution in [1.82, 2.24) is 20.1 Å². The minimum atomic E-state index is 0.171. The van der Waals surface area contributed by atoms with Gasteiger partial charge in [-0.1, -0.05) is 12.2 Å². The van der Waals surface area contributed by atoms with E-state index >= 15 is 0 Å². The van der Waals surface area contributed by atoms with Gasteiger partial charge >= 0.3 is 0 Å². The molecule has 3 heterocycles. The second-order valence-electron chi connectivity index (χ2n) is 7.04. The summed E-state index contributed by atoms with van der Waals surface area (Å²) in [6.07, 6.45) is 14.9. The molecule has 0 unspecified atom stereocenters. The molecule has 0 bridgehead atoms. The van der Waals surface area contributed by atoms with Crippen LogP contribution >= 0.6 is 0 Å². The lowest BCUT2D eigenvalue weighted by Crippen LogP contribution is -2.42. The Kier molecular flexibility index (Phi) is 4.63. The molecular weight excluding hydrogens is 312 g/mol. The Morgan fingerprint density at radius 2 is 2.08 bits per heavy atom. The highest BCUT2D eigenvalue weighted by atomic mass is 16.2. The van der Waals surface area contributed by atoms with Crippen molar-refractivity contribution >= 4 is 5.91 Å². The number of carbonyl (C=O) groups is 1. The van der Waals surface area contributed by atoms with Crippen LogP contribution in [-0.2, 0) is 4.79 Å². The Morgan fingerprint density at radius 1 is 1.20 bits per heavy atom. The van der Waals surface area contributed by atoms with Gasteiger partial charge in [0.05, 0.1) is 6.20 Å². The van der Waals surface area contributed by atoms with E-state index in [1.54, 1.807) is 12.4 Å². The van der Waals surface area contributed by atoms with Crippen molar-refractivity contribution in [3.63, 3.8) is 0 Å². The van der Waals surface area contributed by atoms with Gasteiger partial charge in [-0.2, -0.15) is 5.10 Å². The molecule has 2 aromatic heterocycles. The van der Waals surface area contributed by atoms with Gasteiger partial charge in [0, 0.05) is 48.6 Å². The molecule has 0 spiro atoms. The van der Waals surface area contributed by atoms with Crippen molar-refractivity contribution in [3.8, 4) is 11.1 Å². The predicted octanol–water partition coefficient (Wildman–Crippen LogP) is 3.53. The second kappa shape index (κ2) is 7.21. The summed E-state index contributed by atoms with van der Waals surface area (Å²) in [7, 11) is 0. The van der Waals surface area contributed by atoms with Crippen LogP contribution in [0, 0.1) is 5.92 Å². The third-order valence-corrected chi connectivity index (χ3v) is 5.42. The number of aromatic amines is 1. The summed E-state index contributed by atoms with van der Waals surface area (Å²) < 4.78 is 0. The summed E-state index contributed by atoms with van der Waals surface area (Å²) >= 11 is 0. The Morgan fingerprint density at radius 3 is 2.88 bits per heavy atom. The molecule has 0 saturated carbocycles. The molecule has 4 rings (SSSR count). The van der Waals surface area contributed by atoms with Gasteiger partial charge in [-0.3, -0.25) is 14.9 Å². The number of amides is 1. The minimum Gasteiger partial charge on any atom is -0.342 e. The smallest absolute Gasteiger partial charge is 0.226 e. The normalized spacial score (nSPS) is 23.6. The van der Waals surface area contributed by atoms with E-state index in [1.807, 2.05) is 18.3 Å². The van der Waals surface area contributed by atoms with Crippen molar-refractivity contribution in [2.45, 2.75) is 38.0 Å². The Bertz CT molecular complexity index is 752. The number of nitrogens with zero attached hydrogens (tertiary/aromatic N) is 3. The number of aromatic nitrogens is 3. The van der Waals surface area contributed by atoms with Gasteiger partial charge in [-0.15, -0.1) is 0 Å². The van der Waals surface area contributed by atoms with Gasteiger partial charge < -0.3 is 4.90 Å². The van der Waals surface area contributed by atoms with E-state index in [4.69, 9.17) is 0 Å². The Labute approximate surface area is 148 Å². The molecule has 1 aliphatic carbocycles. The first kappa shape index (κ1) is 16.1. The number of carbonyl (C=O) groups excluding carboxylic acids is 1. The summed E-state index contributed by atoms with van der Waals surface area (Å²) in [6.45, 7) is 1.67. The third kappa shape index (κ3) is 3.36. The first-order chi connectivity index (χ1) is 12.3. The quantitative estimate of drug-likeness (QED) is 0.872. The number of rotatable bonds is 3. The molecule has 1 N–H and O–H groups in total. The zero-order valence-corrected chi connectivity index (χ0v) is 14.4. The van der Waals surface area contributed by atoms with Crippen LogP contribution in [0.1, 0.15) is 43.7 Å². The molecule has 2 aliphatic rings. The van der Waals surface area contributed by atoms with E-state index in [2.05, 4.69) is 32.2 Å². The van der Waals surface area contributed by atoms with Gasteiger partial charge in [0.2, 0.25) is 5.91 Å². The van der Waals surface area contributed by atoms with E-state index in [-0.39, 0.29) is 5.92 Å². The van der Waals surface area contributed by atoms with Gasteiger partial charge in [0.15, 0.2) is 0 Å². The lowest BCUT2D eigenvalue weighted by atomic mass is 9.88. The van der Waals surface area contributed by atoms with E-state index in [0.717, 1.165) is 62.0 Å². The van der Waals surface area contributed by atoms with Crippen molar-refractivity contribution in [2.75, 3.05) is 13.1 Å². The van der Waals surface area contributed by atoms with Crippen LogP contribution < -0.4 is 0 Å². The van der Waals surface area contributed by atoms with Crippen LogP contribution in [0.3, 0.4) is 0 Å². The highest BCUT2D eigenvalue weighted by molar-refractivity contribution is 5.79. The fraction of sp³-hybridized carbons (Fsp3) is 0.450. The number of likely N-dealkylation sites (tertiary alicyclic amines) is 1. The summed E-state index contributed by atoms with van der Waals surface area (Å²) in [5.41, 5.74) is 3.40. The molecule has 1 saturated heterocycles. The van der Waals surface area contributed by atoms with Crippen LogP contribution in [0.15, 0.2) is 42.9 Å². The summed E-state index contributed by atoms with van der Waals surface area (Å²) in [6, 6.07) is 4.02. The van der Waals surface area contributed by atoms with E-state index in [0.29, 0.717) is 11.8 Å². The number of allylic oxidation sites excluding steroid dienone is 2. The SMILES string of the molecule is O=C([C@H]1CC=CCC1)N1CCC[C@@H](c2[nH]ncc2-c2ccncc2)C1. The van der Waals surface area contributed by atoms with E-state index < -0.39 is 0 Å². The molecule has 1 amide bonds. The lowest BCUT2D eigenvalue weighted by Gasteiger charge is -2.35. The summed E-state index contributed by atoms with van der Waals surface area (Å²) in [5.74, 6) is 0.826. The van der Waals surface area contributed by atoms with Gasteiger partial charge in [0.25, 0.3) is 0 Å². The maximum atomic E-state index is 12.9. The highest BCUT2D eigenvalue weighted by Crippen LogP contribution is 2.33.